The van der Waals surface area contributed by atoms with Crippen molar-refractivity contribution in [2.24, 2.45) is 0 Å². The third-order valence-corrected chi connectivity index (χ3v) is 6.16. The highest BCUT2D eigenvalue weighted by Crippen LogP contribution is 2.44. The molecule has 0 aliphatic carbocycles. The van der Waals surface area contributed by atoms with Crippen LogP contribution in [0.3, 0.4) is 0 Å². The van der Waals surface area contributed by atoms with Gasteiger partial charge < -0.3 is 0 Å². The van der Waals surface area contributed by atoms with E-state index < -0.39 is 0 Å². The lowest BCUT2D eigenvalue weighted by atomic mass is 10.1. The van der Waals surface area contributed by atoms with Gasteiger partial charge >= 0.3 is 0 Å². The molecule has 23 heavy (non-hydrogen) atoms. The van der Waals surface area contributed by atoms with Crippen molar-refractivity contribution in [2.75, 3.05) is 0 Å². The largest absolute Gasteiger partial charge is 0.236 e. The van der Waals surface area contributed by atoms with E-state index in [0.717, 1.165) is 0 Å². The standard InChI is InChI=1S/C15H5Cl6NS/c16-6-1-3-8(18)13(20)11(6)10-5-23-15(22-10)12-7(17)2-4-9(19)14(12)21/h1-5H. The van der Waals surface area contributed by atoms with Gasteiger partial charge in [-0.15, -0.1) is 11.3 Å². The summed E-state index contributed by atoms with van der Waals surface area (Å²) in [5.74, 6) is 0. The van der Waals surface area contributed by atoms with Gasteiger partial charge in [-0.2, -0.15) is 0 Å². The molecule has 8 heteroatoms. The van der Waals surface area contributed by atoms with Gasteiger partial charge in [0.05, 0.1) is 35.8 Å². The van der Waals surface area contributed by atoms with Crippen molar-refractivity contribution in [1.82, 2.24) is 4.98 Å². The molecule has 0 saturated carbocycles. The second-order valence-corrected chi connectivity index (χ2v) is 7.72. The Labute approximate surface area is 166 Å². The SMILES string of the molecule is Clc1ccc(Cl)c(-c2csc(-c3c(Cl)ccc(Cl)c3Cl)n2)c1Cl. The Morgan fingerprint density at radius 3 is 1.74 bits per heavy atom. The number of thiazole rings is 1. The summed E-state index contributed by atoms with van der Waals surface area (Å²) >= 11 is 38.4. The van der Waals surface area contributed by atoms with Crippen LogP contribution < -0.4 is 0 Å². The lowest BCUT2D eigenvalue weighted by molar-refractivity contribution is 1.40. The fraction of sp³-hybridized carbons (Fsp3) is 0. The third-order valence-electron chi connectivity index (χ3n) is 3.06. The molecule has 1 aromatic heterocycles. The normalized spacial score (nSPS) is 11.0. The van der Waals surface area contributed by atoms with Gasteiger partial charge in [0.25, 0.3) is 0 Å². The van der Waals surface area contributed by atoms with Crippen molar-refractivity contribution >= 4 is 80.9 Å². The Morgan fingerprint density at radius 1 is 0.652 bits per heavy atom. The average Bonchev–Trinajstić information content (AvgIpc) is 2.97. The zero-order valence-corrected chi connectivity index (χ0v) is 16.4. The van der Waals surface area contributed by atoms with Crippen LogP contribution in [-0.2, 0) is 0 Å². The number of nitrogens with zero attached hydrogens (tertiary/aromatic N) is 1. The Kier molecular flexibility index (Phi) is 5.34. The first-order valence-corrected chi connectivity index (χ1v) is 9.28. The fourth-order valence-corrected chi connectivity index (χ4v) is 4.40. The predicted molar refractivity (Wildman–Crippen MR) is 103 cm³/mol. The first kappa shape index (κ1) is 17.6. The van der Waals surface area contributed by atoms with Crippen LogP contribution in [0.15, 0.2) is 29.6 Å². The molecule has 0 aliphatic rings. The summed E-state index contributed by atoms with van der Waals surface area (Å²) in [7, 11) is 0. The molecule has 2 aromatic carbocycles. The summed E-state index contributed by atoms with van der Waals surface area (Å²) in [6.07, 6.45) is 0. The predicted octanol–water partition coefficient (Wildman–Crippen LogP) is 8.40. The van der Waals surface area contributed by atoms with Crippen molar-refractivity contribution in [1.29, 1.82) is 0 Å². The van der Waals surface area contributed by atoms with E-state index >= 15 is 0 Å². The summed E-state index contributed by atoms with van der Waals surface area (Å²) < 4.78 is 0. The molecule has 0 spiro atoms. The molecular formula is C15H5Cl6NS. The maximum absolute atomic E-state index is 6.25. The maximum Gasteiger partial charge on any atom is 0.127 e. The highest BCUT2D eigenvalue weighted by molar-refractivity contribution is 7.13. The van der Waals surface area contributed by atoms with Crippen LogP contribution in [0.1, 0.15) is 0 Å². The summed E-state index contributed by atoms with van der Waals surface area (Å²) in [5.41, 5.74) is 1.73. The lowest BCUT2D eigenvalue weighted by Crippen LogP contribution is -1.86. The van der Waals surface area contributed by atoms with Gasteiger partial charge in [0.15, 0.2) is 0 Å². The summed E-state index contributed by atoms with van der Waals surface area (Å²) in [4.78, 5) is 4.54. The first-order valence-electron chi connectivity index (χ1n) is 6.13. The van der Waals surface area contributed by atoms with Crippen LogP contribution in [0.5, 0.6) is 0 Å². The van der Waals surface area contributed by atoms with E-state index in [1.54, 1.807) is 24.3 Å². The molecule has 0 unspecified atom stereocenters. The molecule has 1 nitrogen and oxygen atoms in total. The van der Waals surface area contributed by atoms with E-state index in [1.165, 1.54) is 11.3 Å². The molecule has 0 N–H and O–H groups in total. The van der Waals surface area contributed by atoms with Crippen LogP contribution in [0.4, 0.5) is 0 Å². The summed E-state index contributed by atoms with van der Waals surface area (Å²) in [6.45, 7) is 0. The topological polar surface area (TPSA) is 12.9 Å². The van der Waals surface area contributed by atoms with Crippen LogP contribution in [0.25, 0.3) is 21.8 Å². The Hall–Kier alpha value is -0.190. The Bertz CT molecular complexity index is 833. The molecule has 0 bridgehead atoms. The average molecular weight is 444 g/mol. The number of hydrogen-bond donors (Lipinski definition) is 0. The van der Waals surface area contributed by atoms with Crippen LogP contribution in [0.2, 0.25) is 30.1 Å². The quantitative estimate of drug-likeness (QED) is 0.362. The molecule has 118 valence electrons. The molecule has 0 radical (unpaired) electrons. The van der Waals surface area contributed by atoms with E-state index in [9.17, 15) is 0 Å². The van der Waals surface area contributed by atoms with Crippen LogP contribution in [0, 0.1) is 0 Å². The third kappa shape index (κ3) is 3.32. The highest BCUT2D eigenvalue weighted by Gasteiger charge is 2.19. The molecule has 0 atom stereocenters. The minimum absolute atomic E-state index is 0.347. The second-order valence-electron chi connectivity index (χ2n) is 4.47. The van der Waals surface area contributed by atoms with E-state index in [0.29, 0.717) is 52.0 Å². The number of aromatic nitrogens is 1. The van der Waals surface area contributed by atoms with Gasteiger partial charge in [-0.25, -0.2) is 4.98 Å². The molecule has 0 amide bonds. The number of benzene rings is 2. The molecule has 0 aliphatic heterocycles. The van der Waals surface area contributed by atoms with Gasteiger partial charge in [-0.3, -0.25) is 0 Å². The van der Waals surface area contributed by atoms with Gasteiger partial charge in [0.1, 0.15) is 5.01 Å². The minimum atomic E-state index is 0.347. The molecule has 3 aromatic rings. The number of rotatable bonds is 2. The monoisotopic (exact) mass is 441 g/mol. The maximum atomic E-state index is 6.25. The Morgan fingerprint density at radius 2 is 1.13 bits per heavy atom. The first-order chi connectivity index (χ1) is 10.9. The zero-order chi connectivity index (χ0) is 16.7. The van der Waals surface area contributed by atoms with Crippen molar-refractivity contribution in [3.05, 3.63) is 59.8 Å². The van der Waals surface area contributed by atoms with E-state index in [4.69, 9.17) is 69.6 Å². The molecule has 0 saturated heterocycles. The van der Waals surface area contributed by atoms with E-state index in [1.807, 2.05) is 5.38 Å². The molecule has 0 fully saturated rings. The second kappa shape index (κ2) is 6.97. The molecule has 1 heterocycles. The molecular weight excluding hydrogens is 439 g/mol. The smallest absolute Gasteiger partial charge is 0.127 e. The number of halogens is 6. The molecule has 3 rings (SSSR count). The van der Waals surface area contributed by atoms with E-state index in [-0.39, 0.29) is 0 Å². The van der Waals surface area contributed by atoms with Gasteiger partial charge in [0, 0.05) is 16.5 Å². The van der Waals surface area contributed by atoms with Crippen molar-refractivity contribution in [2.45, 2.75) is 0 Å². The fourth-order valence-electron chi connectivity index (χ4n) is 1.99. The van der Waals surface area contributed by atoms with E-state index in [2.05, 4.69) is 4.98 Å². The van der Waals surface area contributed by atoms with Gasteiger partial charge in [0.2, 0.25) is 0 Å². The van der Waals surface area contributed by atoms with Crippen LogP contribution in [-0.4, -0.2) is 4.98 Å². The van der Waals surface area contributed by atoms with Gasteiger partial charge in [-0.1, -0.05) is 69.6 Å². The van der Waals surface area contributed by atoms with Gasteiger partial charge in [-0.05, 0) is 24.3 Å². The minimum Gasteiger partial charge on any atom is -0.236 e. The van der Waals surface area contributed by atoms with Crippen molar-refractivity contribution < 1.29 is 0 Å². The van der Waals surface area contributed by atoms with Crippen LogP contribution >= 0.6 is 80.9 Å². The van der Waals surface area contributed by atoms with Crippen molar-refractivity contribution in [3.8, 4) is 21.8 Å². The zero-order valence-electron chi connectivity index (χ0n) is 11.0. The number of hydrogen-bond acceptors (Lipinski definition) is 2. The van der Waals surface area contributed by atoms with Crippen molar-refractivity contribution in [3.63, 3.8) is 0 Å². The summed E-state index contributed by atoms with van der Waals surface area (Å²) in [5, 5.41) is 4.85. The Balaban J connectivity index is 2.17. The lowest BCUT2D eigenvalue weighted by Gasteiger charge is -2.07. The summed E-state index contributed by atoms with van der Waals surface area (Å²) in [6, 6.07) is 6.61. The highest BCUT2D eigenvalue weighted by atomic mass is 35.5.